The van der Waals surface area contributed by atoms with E-state index in [1.807, 2.05) is 45.2 Å². The van der Waals surface area contributed by atoms with Crippen LogP contribution < -0.4 is 0 Å². The molecule has 0 aromatic heterocycles. The third kappa shape index (κ3) is 24.8. The van der Waals surface area contributed by atoms with Crippen LogP contribution in [0.3, 0.4) is 0 Å². The van der Waals surface area contributed by atoms with E-state index in [2.05, 4.69) is 154 Å². The molecule has 2 heteroatoms. The Bertz CT molecular complexity index is 1590. The van der Waals surface area contributed by atoms with Crippen molar-refractivity contribution in [2.75, 3.05) is 7.05 Å². The van der Waals surface area contributed by atoms with Crippen molar-refractivity contribution in [3.63, 3.8) is 0 Å². The summed E-state index contributed by atoms with van der Waals surface area (Å²) >= 11 is 0. The van der Waals surface area contributed by atoms with E-state index < -0.39 is 0 Å². The van der Waals surface area contributed by atoms with Gasteiger partial charge in [0, 0.05) is 18.8 Å². The van der Waals surface area contributed by atoms with E-state index in [0.717, 1.165) is 41.6 Å². The Kier molecular flexibility index (Phi) is 30.7. The van der Waals surface area contributed by atoms with Crippen LogP contribution in [0.5, 0.6) is 0 Å². The largest absolute Gasteiger partial charge is 0.296 e. The Morgan fingerprint density at radius 1 is 0.706 bits per heavy atom. The number of hydrogen-bond acceptors (Lipinski definition) is 2. The Morgan fingerprint density at radius 2 is 1.14 bits per heavy atom. The monoisotopic (exact) mass is 686 g/mol. The van der Waals surface area contributed by atoms with Crippen LogP contribution in [-0.2, 0) is 17.6 Å². The van der Waals surface area contributed by atoms with Crippen molar-refractivity contribution in [1.29, 1.82) is 0 Å². The molecule has 0 radical (unpaired) electrons. The topological polar surface area (TPSA) is 29.4 Å². The second kappa shape index (κ2) is 31.1. The predicted octanol–water partition coefficient (Wildman–Crippen LogP) is 14.0. The molecule has 3 aromatic carbocycles. The van der Waals surface area contributed by atoms with Gasteiger partial charge in [-0.05, 0) is 126 Å². The highest BCUT2D eigenvalue weighted by molar-refractivity contribution is 5.78. The maximum absolute atomic E-state index is 9.57. The maximum atomic E-state index is 9.57. The minimum Gasteiger partial charge on any atom is -0.296 e. The molecule has 0 atom stereocenters. The van der Waals surface area contributed by atoms with Crippen LogP contribution >= 0.6 is 0 Å². The van der Waals surface area contributed by atoms with E-state index >= 15 is 0 Å². The third-order valence-electron chi connectivity index (χ3n) is 7.42. The molecule has 2 nitrogen and oxygen atoms in total. The van der Waals surface area contributed by atoms with Gasteiger partial charge >= 0.3 is 0 Å². The molecule has 3 rings (SSSR count). The van der Waals surface area contributed by atoms with Gasteiger partial charge in [-0.3, -0.25) is 4.99 Å². The summed E-state index contributed by atoms with van der Waals surface area (Å²) in [5.41, 5.74) is 15.7. The molecule has 0 fully saturated rings. The highest BCUT2D eigenvalue weighted by Gasteiger charge is 2.01. The first-order valence-electron chi connectivity index (χ1n) is 17.6. The zero-order valence-electron chi connectivity index (χ0n) is 34.3. The summed E-state index contributed by atoms with van der Waals surface area (Å²) in [6.45, 7) is 36.5. The molecule has 0 bridgehead atoms. The number of hydrogen-bond donors (Lipinski definition) is 0. The van der Waals surface area contributed by atoms with E-state index in [1.165, 1.54) is 50.1 Å². The molecule has 0 saturated heterocycles. The molecule has 51 heavy (non-hydrogen) atoms. The van der Waals surface area contributed by atoms with E-state index in [9.17, 15) is 4.79 Å². The fraction of sp³-hybridized carbons (Fsp3) is 0.327. The zero-order chi connectivity index (χ0) is 39.9. The number of carbonyl (C=O) groups excluding carboxylic acids is 1. The molecule has 0 aliphatic rings. The highest BCUT2D eigenvalue weighted by atomic mass is 16.1. The van der Waals surface area contributed by atoms with Crippen LogP contribution in [-0.4, -0.2) is 19.2 Å². The predicted molar refractivity (Wildman–Crippen MR) is 234 cm³/mol. The normalized spacial score (nSPS) is 9.00. The number of terminal acetylenes is 1. The van der Waals surface area contributed by atoms with Crippen LogP contribution in [0.2, 0.25) is 0 Å². The number of allylic oxidation sites excluding steroid dienone is 8. The summed E-state index contributed by atoms with van der Waals surface area (Å²) in [5, 5.41) is 0. The van der Waals surface area contributed by atoms with Crippen molar-refractivity contribution < 1.29 is 4.79 Å². The molecule has 0 unspecified atom stereocenters. The zero-order valence-corrected chi connectivity index (χ0v) is 34.3. The Labute approximate surface area is 314 Å². The van der Waals surface area contributed by atoms with E-state index in [0.29, 0.717) is 0 Å². The average molecular weight is 686 g/mol. The molecule has 0 aliphatic heterocycles. The Balaban J connectivity index is -0.000000570. The maximum Gasteiger partial charge on any atom is 0.123 e. The SMILES string of the molecule is C#C.C=C(C)c1ccccc1C(=C)C.C=C(C=C(C)C)c1ccccc1C.CCC(C)=C=O.CCc1cccc(CC)c1.CN=CC(C)=C(C)C. The first-order chi connectivity index (χ1) is 24.1. The smallest absolute Gasteiger partial charge is 0.123 e. The lowest BCUT2D eigenvalue weighted by molar-refractivity contribution is 0.566. The minimum atomic E-state index is 0.787. The molecule has 0 aliphatic carbocycles. The van der Waals surface area contributed by atoms with Crippen molar-refractivity contribution in [1.82, 2.24) is 0 Å². The molecule has 0 saturated carbocycles. The lowest BCUT2D eigenvalue weighted by Crippen LogP contribution is -1.86. The first kappa shape index (κ1) is 50.4. The second-order valence-electron chi connectivity index (χ2n) is 12.5. The van der Waals surface area contributed by atoms with Gasteiger partial charge in [0.05, 0.1) is 0 Å². The summed E-state index contributed by atoms with van der Waals surface area (Å²) in [7, 11) is 1.78. The van der Waals surface area contributed by atoms with Gasteiger partial charge in [-0.25, -0.2) is 4.79 Å². The van der Waals surface area contributed by atoms with Crippen LogP contribution in [0.25, 0.3) is 16.7 Å². The molecule has 0 spiro atoms. The summed E-state index contributed by atoms with van der Waals surface area (Å²) in [5.74, 6) is 1.78. The molecule has 0 heterocycles. The number of nitrogens with zero attached hydrogens (tertiary/aromatic N) is 1. The van der Waals surface area contributed by atoms with Gasteiger partial charge in [-0.2, -0.15) is 0 Å². The van der Waals surface area contributed by atoms with Gasteiger partial charge < -0.3 is 0 Å². The van der Waals surface area contributed by atoms with E-state index in [4.69, 9.17) is 0 Å². The lowest BCUT2D eigenvalue weighted by Gasteiger charge is -2.07. The molecular weight excluding hydrogens is 619 g/mol. The Morgan fingerprint density at radius 3 is 1.41 bits per heavy atom. The lowest BCUT2D eigenvalue weighted by atomic mass is 9.98. The van der Waals surface area contributed by atoms with Crippen molar-refractivity contribution in [3.05, 3.63) is 154 Å². The summed E-state index contributed by atoms with van der Waals surface area (Å²) < 4.78 is 0. The summed E-state index contributed by atoms with van der Waals surface area (Å²) in [4.78, 5) is 13.4. The summed E-state index contributed by atoms with van der Waals surface area (Å²) in [6.07, 6.45) is 15.1. The number of aliphatic imine (C=N–C) groups is 1. The van der Waals surface area contributed by atoms with Crippen LogP contribution in [0.15, 0.2) is 126 Å². The fourth-order valence-electron chi connectivity index (χ4n) is 4.05. The van der Waals surface area contributed by atoms with Crippen molar-refractivity contribution in [2.24, 2.45) is 4.99 Å². The number of benzene rings is 3. The Hall–Kier alpha value is -4.96. The number of rotatable bonds is 8. The van der Waals surface area contributed by atoms with Gasteiger partial charge in [0.15, 0.2) is 0 Å². The van der Waals surface area contributed by atoms with Crippen molar-refractivity contribution >= 4 is 28.9 Å². The standard InChI is InChI=1S/C13H16.C12H14.C10H14.C7H13N.C5H8O.C2H2/c1-10(2)9-12(4)13-8-6-5-7-11(13)3;1-9(2)11-7-5-6-8-12(11)10(3)4;1-3-9-6-5-7-10(4-2)8-9;1-6(2)7(3)5-8-4;1-3-5(2)4-6;1-2/h5-9H,4H2,1-3H3;5-8H,1,3H2,2,4H3;5-8H,3-4H2,1-2H3;5H,1-4H3;3H2,1-2H3;1-2H. The molecule has 3 aromatic rings. The van der Waals surface area contributed by atoms with Crippen molar-refractivity contribution in [2.45, 2.75) is 102 Å². The fourth-order valence-corrected chi connectivity index (χ4v) is 4.05. The third-order valence-corrected chi connectivity index (χ3v) is 7.42. The highest BCUT2D eigenvalue weighted by Crippen LogP contribution is 2.22. The van der Waals surface area contributed by atoms with E-state index in [1.54, 1.807) is 19.9 Å². The van der Waals surface area contributed by atoms with Crippen LogP contribution in [0, 0.1) is 19.8 Å². The van der Waals surface area contributed by atoms with Gasteiger partial charge in [-0.1, -0.05) is 142 Å². The summed E-state index contributed by atoms with van der Waals surface area (Å²) in [6, 6.07) is 25.3. The van der Waals surface area contributed by atoms with Crippen LogP contribution in [0.1, 0.15) is 116 Å². The molecule has 0 amide bonds. The average Bonchev–Trinajstić information content (AvgIpc) is 3.13. The molecule has 274 valence electrons. The van der Waals surface area contributed by atoms with Gasteiger partial charge in [0.1, 0.15) is 5.94 Å². The van der Waals surface area contributed by atoms with Gasteiger partial charge in [0.25, 0.3) is 0 Å². The first-order valence-corrected chi connectivity index (χ1v) is 17.6. The quantitative estimate of drug-likeness (QED) is 0.100. The van der Waals surface area contributed by atoms with Gasteiger partial charge in [0.2, 0.25) is 0 Å². The minimum absolute atomic E-state index is 0.787. The van der Waals surface area contributed by atoms with E-state index in [-0.39, 0.29) is 0 Å². The number of aryl methyl sites for hydroxylation is 3. The van der Waals surface area contributed by atoms with Crippen LogP contribution in [0.4, 0.5) is 0 Å². The van der Waals surface area contributed by atoms with Crippen molar-refractivity contribution in [3.8, 4) is 12.8 Å². The second-order valence-corrected chi connectivity index (χ2v) is 12.5. The van der Waals surface area contributed by atoms with Gasteiger partial charge in [-0.15, -0.1) is 12.8 Å². The molecular formula is C49H67NO. The molecule has 0 N–H and O–H groups in total.